The molecule has 1 heteroatoms. The minimum atomic E-state index is 0.623. The zero-order valence-electron chi connectivity index (χ0n) is 7.83. The molecule has 0 amide bonds. The molecule has 0 aromatic rings. The standard InChI is InChI=1S/C11H18O/c1-3-8(4-2)9-5-6-10-11(7-9)12-10/h3,8-11H,1,4-7H2,2H3. The first kappa shape index (κ1) is 8.31. The van der Waals surface area contributed by atoms with Crippen LogP contribution in [0.15, 0.2) is 12.7 Å². The molecule has 4 unspecified atom stereocenters. The SMILES string of the molecule is C=CC(CC)C1CCC2OC2C1. The Morgan fingerprint density at radius 2 is 2.33 bits per heavy atom. The van der Waals surface area contributed by atoms with Crippen LogP contribution in [0.5, 0.6) is 0 Å². The Bertz CT molecular complexity index is 176. The fourth-order valence-corrected chi connectivity index (χ4v) is 2.52. The second-order valence-corrected chi connectivity index (χ2v) is 4.09. The molecular formula is C11H18O. The van der Waals surface area contributed by atoms with Crippen molar-refractivity contribution in [3.8, 4) is 0 Å². The van der Waals surface area contributed by atoms with Crippen molar-refractivity contribution >= 4 is 0 Å². The number of allylic oxidation sites excluding steroid dienone is 1. The van der Waals surface area contributed by atoms with Crippen molar-refractivity contribution in [2.75, 3.05) is 0 Å². The first-order chi connectivity index (χ1) is 5.85. The monoisotopic (exact) mass is 166 g/mol. The Balaban J connectivity index is 1.89. The van der Waals surface area contributed by atoms with Gasteiger partial charge in [-0.3, -0.25) is 0 Å². The van der Waals surface area contributed by atoms with Gasteiger partial charge < -0.3 is 4.74 Å². The molecule has 0 N–H and O–H groups in total. The van der Waals surface area contributed by atoms with Gasteiger partial charge in [-0.25, -0.2) is 0 Å². The smallest absolute Gasteiger partial charge is 0.0844 e. The highest BCUT2D eigenvalue weighted by molar-refractivity contribution is 4.96. The molecule has 1 aliphatic heterocycles. The van der Waals surface area contributed by atoms with Gasteiger partial charge >= 0.3 is 0 Å². The third-order valence-electron chi connectivity index (χ3n) is 3.42. The van der Waals surface area contributed by atoms with Crippen LogP contribution in [0.2, 0.25) is 0 Å². The molecule has 2 fully saturated rings. The molecule has 2 aliphatic rings. The second kappa shape index (κ2) is 3.21. The minimum absolute atomic E-state index is 0.623. The second-order valence-electron chi connectivity index (χ2n) is 4.09. The van der Waals surface area contributed by atoms with Crippen molar-refractivity contribution in [3.63, 3.8) is 0 Å². The number of epoxide rings is 1. The van der Waals surface area contributed by atoms with Gasteiger partial charge in [0.1, 0.15) is 0 Å². The summed E-state index contributed by atoms with van der Waals surface area (Å²) in [6, 6.07) is 0. The van der Waals surface area contributed by atoms with Crippen LogP contribution in [0.3, 0.4) is 0 Å². The van der Waals surface area contributed by atoms with Crippen molar-refractivity contribution in [2.45, 2.75) is 44.8 Å². The topological polar surface area (TPSA) is 12.5 Å². The summed E-state index contributed by atoms with van der Waals surface area (Å²) >= 11 is 0. The van der Waals surface area contributed by atoms with E-state index in [9.17, 15) is 0 Å². The van der Waals surface area contributed by atoms with Gasteiger partial charge in [-0.15, -0.1) is 6.58 Å². The van der Waals surface area contributed by atoms with Crippen LogP contribution in [0, 0.1) is 11.8 Å². The van der Waals surface area contributed by atoms with Crippen molar-refractivity contribution in [1.29, 1.82) is 0 Å². The van der Waals surface area contributed by atoms with Crippen LogP contribution < -0.4 is 0 Å². The molecule has 0 bridgehead atoms. The number of fused-ring (bicyclic) bond motifs is 1. The molecule has 0 aromatic carbocycles. The van der Waals surface area contributed by atoms with Gasteiger partial charge in [-0.2, -0.15) is 0 Å². The first-order valence-electron chi connectivity index (χ1n) is 5.13. The molecule has 4 atom stereocenters. The van der Waals surface area contributed by atoms with Crippen molar-refractivity contribution in [1.82, 2.24) is 0 Å². The summed E-state index contributed by atoms with van der Waals surface area (Å²) in [6.07, 6.45) is 8.57. The fourth-order valence-electron chi connectivity index (χ4n) is 2.52. The quantitative estimate of drug-likeness (QED) is 0.464. The molecular weight excluding hydrogens is 148 g/mol. The summed E-state index contributed by atoms with van der Waals surface area (Å²) in [6.45, 7) is 6.16. The molecule has 2 rings (SSSR count). The molecule has 68 valence electrons. The molecule has 1 heterocycles. The van der Waals surface area contributed by atoms with Gasteiger partial charge in [-0.05, 0) is 37.5 Å². The Kier molecular flexibility index (Phi) is 2.22. The largest absolute Gasteiger partial charge is 0.370 e. The van der Waals surface area contributed by atoms with Crippen LogP contribution in [-0.2, 0) is 4.74 Å². The Morgan fingerprint density at radius 3 is 2.92 bits per heavy atom. The fraction of sp³-hybridized carbons (Fsp3) is 0.818. The highest BCUT2D eigenvalue weighted by Gasteiger charge is 2.44. The summed E-state index contributed by atoms with van der Waals surface area (Å²) < 4.78 is 5.51. The highest BCUT2D eigenvalue weighted by Crippen LogP contribution is 2.42. The summed E-state index contributed by atoms with van der Waals surface area (Å²) in [7, 11) is 0. The molecule has 1 nitrogen and oxygen atoms in total. The minimum Gasteiger partial charge on any atom is -0.370 e. The van der Waals surface area contributed by atoms with Gasteiger partial charge in [0.15, 0.2) is 0 Å². The lowest BCUT2D eigenvalue weighted by Gasteiger charge is -2.25. The maximum absolute atomic E-state index is 5.51. The third-order valence-corrected chi connectivity index (χ3v) is 3.42. The molecule has 1 aliphatic carbocycles. The predicted molar refractivity (Wildman–Crippen MR) is 50.0 cm³/mol. The maximum atomic E-state index is 5.51. The van der Waals surface area contributed by atoms with Crippen molar-refractivity contribution in [2.24, 2.45) is 11.8 Å². The molecule has 1 saturated heterocycles. The van der Waals surface area contributed by atoms with E-state index in [1.807, 2.05) is 0 Å². The van der Waals surface area contributed by atoms with E-state index in [1.165, 1.54) is 25.7 Å². The van der Waals surface area contributed by atoms with Crippen LogP contribution in [0.1, 0.15) is 32.6 Å². The van der Waals surface area contributed by atoms with Crippen LogP contribution in [0.4, 0.5) is 0 Å². The molecule has 0 radical (unpaired) electrons. The Hall–Kier alpha value is -0.300. The number of hydrogen-bond acceptors (Lipinski definition) is 1. The summed E-state index contributed by atoms with van der Waals surface area (Å²) in [4.78, 5) is 0. The highest BCUT2D eigenvalue weighted by atomic mass is 16.6. The lowest BCUT2D eigenvalue weighted by Crippen LogP contribution is -2.19. The number of hydrogen-bond donors (Lipinski definition) is 0. The summed E-state index contributed by atoms with van der Waals surface area (Å²) in [5.41, 5.74) is 0. The average Bonchev–Trinajstić information content (AvgIpc) is 2.84. The lowest BCUT2D eigenvalue weighted by atomic mass is 9.79. The van der Waals surface area contributed by atoms with E-state index >= 15 is 0 Å². The van der Waals surface area contributed by atoms with E-state index in [1.54, 1.807) is 0 Å². The zero-order valence-corrected chi connectivity index (χ0v) is 7.83. The van der Waals surface area contributed by atoms with E-state index in [0.29, 0.717) is 12.2 Å². The molecule has 0 aromatic heterocycles. The molecule has 12 heavy (non-hydrogen) atoms. The maximum Gasteiger partial charge on any atom is 0.0844 e. The number of rotatable bonds is 3. The van der Waals surface area contributed by atoms with Gasteiger partial charge in [0, 0.05) is 0 Å². The normalized spacial score (nSPS) is 41.6. The van der Waals surface area contributed by atoms with Gasteiger partial charge in [0.2, 0.25) is 0 Å². The predicted octanol–water partition coefficient (Wildman–Crippen LogP) is 2.77. The van der Waals surface area contributed by atoms with E-state index in [-0.39, 0.29) is 0 Å². The van der Waals surface area contributed by atoms with E-state index in [0.717, 1.165) is 11.8 Å². The molecule has 0 spiro atoms. The number of ether oxygens (including phenoxy) is 1. The molecule has 1 saturated carbocycles. The van der Waals surface area contributed by atoms with Crippen LogP contribution in [0.25, 0.3) is 0 Å². The Labute approximate surface area is 74.8 Å². The van der Waals surface area contributed by atoms with E-state index in [4.69, 9.17) is 4.74 Å². The third kappa shape index (κ3) is 1.42. The lowest BCUT2D eigenvalue weighted by molar-refractivity contribution is 0.298. The van der Waals surface area contributed by atoms with Gasteiger partial charge in [0.25, 0.3) is 0 Å². The summed E-state index contributed by atoms with van der Waals surface area (Å²) in [5, 5.41) is 0. The van der Waals surface area contributed by atoms with E-state index < -0.39 is 0 Å². The summed E-state index contributed by atoms with van der Waals surface area (Å²) in [5.74, 6) is 1.59. The van der Waals surface area contributed by atoms with Crippen LogP contribution >= 0.6 is 0 Å². The van der Waals surface area contributed by atoms with E-state index in [2.05, 4.69) is 19.6 Å². The van der Waals surface area contributed by atoms with Crippen molar-refractivity contribution in [3.05, 3.63) is 12.7 Å². The zero-order chi connectivity index (χ0) is 8.55. The first-order valence-corrected chi connectivity index (χ1v) is 5.13. The van der Waals surface area contributed by atoms with Gasteiger partial charge in [-0.1, -0.05) is 13.0 Å². The Morgan fingerprint density at radius 1 is 1.50 bits per heavy atom. The van der Waals surface area contributed by atoms with Crippen LogP contribution in [-0.4, -0.2) is 12.2 Å². The van der Waals surface area contributed by atoms with Crippen molar-refractivity contribution < 1.29 is 4.74 Å². The van der Waals surface area contributed by atoms with Gasteiger partial charge in [0.05, 0.1) is 12.2 Å². The average molecular weight is 166 g/mol.